The molecule has 2 aromatic carbocycles. The van der Waals surface area contributed by atoms with Crippen LogP contribution in [0.5, 0.6) is 11.5 Å². The van der Waals surface area contributed by atoms with Gasteiger partial charge in [0.25, 0.3) is 5.91 Å². The van der Waals surface area contributed by atoms with E-state index in [1.54, 1.807) is 29.2 Å². The van der Waals surface area contributed by atoms with E-state index in [1.165, 1.54) is 12.5 Å². The predicted octanol–water partition coefficient (Wildman–Crippen LogP) is 3.45. The molecule has 0 radical (unpaired) electrons. The summed E-state index contributed by atoms with van der Waals surface area (Å²) in [5.41, 5.74) is 1.65. The van der Waals surface area contributed by atoms with Crippen LogP contribution in [0, 0.1) is 6.92 Å². The largest absolute Gasteiger partial charge is 0.494 e. The number of esters is 1. The fourth-order valence-electron chi connectivity index (χ4n) is 3.62. The van der Waals surface area contributed by atoms with Gasteiger partial charge in [0.2, 0.25) is 5.91 Å². The molecular formula is C25H30N2O5. The van der Waals surface area contributed by atoms with Crippen molar-refractivity contribution in [2.24, 2.45) is 0 Å². The lowest BCUT2D eigenvalue weighted by molar-refractivity contribution is -0.132. The Morgan fingerprint density at radius 1 is 0.906 bits per heavy atom. The van der Waals surface area contributed by atoms with Gasteiger partial charge in [-0.05, 0) is 50.1 Å². The predicted molar refractivity (Wildman–Crippen MR) is 121 cm³/mol. The minimum atomic E-state index is -0.428. The van der Waals surface area contributed by atoms with Crippen LogP contribution in [0.15, 0.2) is 48.5 Å². The van der Waals surface area contributed by atoms with Gasteiger partial charge in [-0.15, -0.1) is 0 Å². The highest BCUT2D eigenvalue weighted by molar-refractivity contribution is 5.94. The Bertz CT molecular complexity index is 942. The number of rotatable bonds is 7. The number of carbonyl (C=O) groups excluding carboxylic acids is 3. The minimum absolute atomic E-state index is 0.0867. The van der Waals surface area contributed by atoms with E-state index in [2.05, 4.69) is 0 Å². The molecule has 0 aliphatic carbocycles. The zero-order valence-electron chi connectivity index (χ0n) is 18.7. The molecule has 1 saturated heterocycles. The number of carbonyl (C=O) groups is 3. The Balaban J connectivity index is 1.45. The van der Waals surface area contributed by atoms with E-state index in [1.807, 2.05) is 36.1 Å². The van der Waals surface area contributed by atoms with Gasteiger partial charge in [-0.3, -0.25) is 14.4 Å². The van der Waals surface area contributed by atoms with Crippen molar-refractivity contribution < 1.29 is 23.9 Å². The molecule has 0 bridgehead atoms. The Labute approximate surface area is 188 Å². The zero-order chi connectivity index (χ0) is 22.9. The number of nitrogens with zero attached hydrogens (tertiary/aromatic N) is 2. The lowest BCUT2D eigenvalue weighted by Crippen LogP contribution is -2.37. The van der Waals surface area contributed by atoms with Crippen molar-refractivity contribution in [3.8, 4) is 11.5 Å². The molecule has 2 amide bonds. The van der Waals surface area contributed by atoms with Gasteiger partial charge in [0.1, 0.15) is 11.5 Å². The highest BCUT2D eigenvalue weighted by atomic mass is 16.5. The van der Waals surface area contributed by atoms with Crippen molar-refractivity contribution in [2.75, 3.05) is 32.8 Å². The van der Waals surface area contributed by atoms with Crippen molar-refractivity contribution in [3.63, 3.8) is 0 Å². The van der Waals surface area contributed by atoms with E-state index in [9.17, 15) is 14.4 Å². The monoisotopic (exact) mass is 438 g/mol. The van der Waals surface area contributed by atoms with Crippen LogP contribution in [0.1, 0.15) is 42.1 Å². The summed E-state index contributed by atoms with van der Waals surface area (Å²) in [7, 11) is 0. The number of hydrogen-bond donors (Lipinski definition) is 0. The van der Waals surface area contributed by atoms with E-state index >= 15 is 0 Å². The fourth-order valence-corrected chi connectivity index (χ4v) is 3.62. The van der Waals surface area contributed by atoms with Crippen LogP contribution in [0.3, 0.4) is 0 Å². The van der Waals surface area contributed by atoms with Gasteiger partial charge in [-0.1, -0.05) is 23.8 Å². The molecule has 0 aromatic heterocycles. The summed E-state index contributed by atoms with van der Waals surface area (Å²) in [6.07, 6.45) is 1.79. The van der Waals surface area contributed by atoms with Crippen LogP contribution in [-0.2, 0) is 9.59 Å². The lowest BCUT2D eigenvalue weighted by Gasteiger charge is -2.22. The minimum Gasteiger partial charge on any atom is -0.494 e. The molecule has 0 unspecified atom stereocenters. The summed E-state index contributed by atoms with van der Waals surface area (Å²) < 4.78 is 10.8. The SMILES string of the molecule is CC(=O)Oc1cccc(C(=O)N2CCCN(C(=O)CCCOc3ccc(C)cc3)CC2)c1. The quantitative estimate of drug-likeness (QED) is 0.376. The molecular weight excluding hydrogens is 408 g/mol. The summed E-state index contributed by atoms with van der Waals surface area (Å²) in [6.45, 7) is 6.04. The van der Waals surface area contributed by atoms with Crippen LogP contribution in [0.2, 0.25) is 0 Å². The second-order valence-electron chi connectivity index (χ2n) is 7.91. The van der Waals surface area contributed by atoms with E-state index in [0.717, 1.165) is 12.2 Å². The summed E-state index contributed by atoms with van der Waals surface area (Å²) in [6, 6.07) is 14.5. The third-order valence-electron chi connectivity index (χ3n) is 5.30. The van der Waals surface area contributed by atoms with E-state index in [4.69, 9.17) is 9.47 Å². The molecule has 1 fully saturated rings. The van der Waals surface area contributed by atoms with Crippen molar-refractivity contribution in [3.05, 3.63) is 59.7 Å². The first kappa shape index (κ1) is 23.3. The normalized spacial score (nSPS) is 13.9. The second kappa shape index (κ2) is 11.3. The van der Waals surface area contributed by atoms with Gasteiger partial charge in [0.05, 0.1) is 6.61 Å². The molecule has 0 N–H and O–H groups in total. The molecule has 0 saturated carbocycles. The average Bonchev–Trinajstić information content (AvgIpc) is 3.03. The van der Waals surface area contributed by atoms with Crippen molar-refractivity contribution in [1.29, 1.82) is 0 Å². The topological polar surface area (TPSA) is 76.2 Å². The number of amides is 2. The summed E-state index contributed by atoms with van der Waals surface area (Å²) in [5, 5.41) is 0. The molecule has 32 heavy (non-hydrogen) atoms. The van der Waals surface area contributed by atoms with E-state index < -0.39 is 5.97 Å². The van der Waals surface area contributed by atoms with Crippen LogP contribution < -0.4 is 9.47 Å². The maximum absolute atomic E-state index is 12.9. The third-order valence-corrected chi connectivity index (χ3v) is 5.30. The molecule has 7 nitrogen and oxygen atoms in total. The standard InChI is InChI=1S/C25H30N2O5/c1-19-9-11-22(12-10-19)31-17-4-8-24(29)26-13-5-14-27(16-15-26)25(30)21-6-3-7-23(18-21)32-20(2)28/h3,6-7,9-12,18H,4-5,8,13-17H2,1-2H3. The number of hydrogen-bond acceptors (Lipinski definition) is 5. The Morgan fingerprint density at radius 2 is 1.62 bits per heavy atom. The lowest BCUT2D eigenvalue weighted by atomic mass is 10.2. The van der Waals surface area contributed by atoms with Gasteiger partial charge in [0, 0.05) is 45.1 Å². The molecule has 1 heterocycles. The van der Waals surface area contributed by atoms with Crippen molar-refractivity contribution >= 4 is 17.8 Å². The first-order chi connectivity index (χ1) is 15.4. The van der Waals surface area contributed by atoms with Gasteiger partial charge in [0.15, 0.2) is 0 Å². The molecule has 170 valence electrons. The van der Waals surface area contributed by atoms with Crippen LogP contribution in [0.4, 0.5) is 0 Å². The first-order valence-electron chi connectivity index (χ1n) is 11.0. The summed E-state index contributed by atoms with van der Waals surface area (Å²) in [4.78, 5) is 40.3. The van der Waals surface area contributed by atoms with Crippen LogP contribution in [-0.4, -0.2) is 60.4 Å². The highest BCUT2D eigenvalue weighted by Gasteiger charge is 2.23. The van der Waals surface area contributed by atoms with Crippen LogP contribution >= 0.6 is 0 Å². The Hall–Kier alpha value is -3.35. The van der Waals surface area contributed by atoms with Gasteiger partial charge < -0.3 is 19.3 Å². The summed E-state index contributed by atoms with van der Waals surface area (Å²) in [5.74, 6) is 0.693. The second-order valence-corrected chi connectivity index (χ2v) is 7.91. The Kier molecular flexibility index (Phi) is 8.25. The molecule has 7 heteroatoms. The van der Waals surface area contributed by atoms with Crippen molar-refractivity contribution in [1.82, 2.24) is 9.80 Å². The maximum atomic E-state index is 12.9. The third kappa shape index (κ3) is 6.83. The van der Waals surface area contributed by atoms with Crippen LogP contribution in [0.25, 0.3) is 0 Å². The van der Waals surface area contributed by atoms with E-state index in [-0.39, 0.29) is 11.8 Å². The average molecular weight is 439 g/mol. The Morgan fingerprint density at radius 3 is 2.38 bits per heavy atom. The van der Waals surface area contributed by atoms with Gasteiger partial charge >= 0.3 is 5.97 Å². The molecule has 2 aromatic rings. The number of ether oxygens (including phenoxy) is 2. The molecule has 1 aliphatic rings. The highest BCUT2D eigenvalue weighted by Crippen LogP contribution is 2.17. The van der Waals surface area contributed by atoms with Gasteiger partial charge in [-0.2, -0.15) is 0 Å². The summed E-state index contributed by atoms with van der Waals surface area (Å²) >= 11 is 0. The molecule has 0 spiro atoms. The van der Waals surface area contributed by atoms with Gasteiger partial charge in [-0.25, -0.2) is 0 Å². The molecule has 1 aliphatic heterocycles. The molecule has 0 atom stereocenters. The fraction of sp³-hybridized carbons (Fsp3) is 0.400. The molecule has 3 rings (SSSR count). The van der Waals surface area contributed by atoms with E-state index in [0.29, 0.717) is 56.9 Å². The first-order valence-corrected chi connectivity index (χ1v) is 11.0. The number of aryl methyl sites for hydroxylation is 1. The number of benzene rings is 2. The smallest absolute Gasteiger partial charge is 0.308 e. The maximum Gasteiger partial charge on any atom is 0.308 e. The zero-order valence-corrected chi connectivity index (χ0v) is 18.7. The van der Waals surface area contributed by atoms with Crippen molar-refractivity contribution in [2.45, 2.75) is 33.1 Å².